The van der Waals surface area contributed by atoms with Crippen LogP contribution in [0.5, 0.6) is 0 Å². The van der Waals surface area contributed by atoms with Gasteiger partial charge in [-0.1, -0.05) is 48.5 Å². The van der Waals surface area contributed by atoms with Crippen molar-refractivity contribution in [3.63, 3.8) is 0 Å². The molecule has 0 radical (unpaired) electrons. The molecule has 1 saturated carbocycles. The number of carbonyl (C=O) groups excluding carboxylic acids is 1. The highest BCUT2D eigenvalue weighted by atomic mass is 35.5. The molecule has 1 aliphatic carbocycles. The SMILES string of the molecule is O=C(NC1CCCCC1)c1sc2cc(Cl)ccc2c1Cl. The molecule has 1 amide bonds. The topological polar surface area (TPSA) is 29.1 Å². The van der Waals surface area contributed by atoms with Gasteiger partial charge in [0, 0.05) is 21.2 Å². The summed E-state index contributed by atoms with van der Waals surface area (Å²) in [5, 5.41) is 5.20. The molecule has 0 saturated heterocycles. The van der Waals surface area contributed by atoms with Crippen LogP contribution in [0.3, 0.4) is 0 Å². The lowest BCUT2D eigenvalue weighted by Crippen LogP contribution is -2.35. The van der Waals surface area contributed by atoms with Crippen LogP contribution in [0.1, 0.15) is 41.8 Å². The van der Waals surface area contributed by atoms with Crippen LogP contribution in [0.4, 0.5) is 0 Å². The Morgan fingerprint density at radius 3 is 2.70 bits per heavy atom. The Balaban J connectivity index is 1.85. The minimum Gasteiger partial charge on any atom is -0.349 e. The number of halogens is 2. The van der Waals surface area contributed by atoms with Crippen molar-refractivity contribution in [2.45, 2.75) is 38.1 Å². The lowest BCUT2D eigenvalue weighted by molar-refractivity contribution is 0.0932. The Labute approximate surface area is 132 Å². The Bertz CT molecular complexity index is 647. The van der Waals surface area contributed by atoms with Crippen molar-refractivity contribution in [1.29, 1.82) is 0 Å². The molecule has 5 heteroatoms. The first-order valence-corrected chi connectivity index (χ1v) is 8.41. The van der Waals surface area contributed by atoms with Gasteiger partial charge in [-0.15, -0.1) is 11.3 Å². The van der Waals surface area contributed by atoms with E-state index in [2.05, 4.69) is 5.32 Å². The Kier molecular flexibility index (Phi) is 4.20. The summed E-state index contributed by atoms with van der Waals surface area (Å²) in [6.07, 6.45) is 5.80. The lowest BCUT2D eigenvalue weighted by atomic mass is 9.95. The first-order valence-electron chi connectivity index (χ1n) is 6.83. The van der Waals surface area contributed by atoms with E-state index >= 15 is 0 Å². The molecule has 2 aromatic rings. The zero-order chi connectivity index (χ0) is 14.1. The van der Waals surface area contributed by atoms with Crippen LogP contribution >= 0.6 is 34.5 Å². The van der Waals surface area contributed by atoms with Gasteiger partial charge in [0.05, 0.1) is 5.02 Å². The third-order valence-electron chi connectivity index (χ3n) is 3.74. The van der Waals surface area contributed by atoms with Crippen molar-refractivity contribution in [2.75, 3.05) is 0 Å². The van der Waals surface area contributed by atoms with Gasteiger partial charge in [-0.3, -0.25) is 4.79 Å². The average molecular weight is 328 g/mol. The minimum absolute atomic E-state index is 0.0563. The van der Waals surface area contributed by atoms with Gasteiger partial charge >= 0.3 is 0 Å². The highest BCUT2D eigenvalue weighted by Gasteiger charge is 2.21. The highest BCUT2D eigenvalue weighted by Crippen LogP contribution is 2.36. The molecule has 106 valence electrons. The number of fused-ring (bicyclic) bond motifs is 1. The monoisotopic (exact) mass is 327 g/mol. The van der Waals surface area contributed by atoms with E-state index in [0.717, 1.165) is 22.9 Å². The Morgan fingerprint density at radius 2 is 1.95 bits per heavy atom. The Hall–Kier alpha value is -0.770. The molecule has 1 aromatic heterocycles. The molecule has 3 rings (SSSR count). The fourth-order valence-corrected chi connectivity index (χ4v) is 4.38. The van der Waals surface area contributed by atoms with Crippen LogP contribution in [-0.2, 0) is 0 Å². The molecule has 1 N–H and O–H groups in total. The molecule has 0 bridgehead atoms. The van der Waals surface area contributed by atoms with Crippen LogP contribution in [0, 0.1) is 0 Å². The fourth-order valence-electron chi connectivity index (χ4n) is 2.68. The van der Waals surface area contributed by atoms with Gasteiger partial charge in [-0.05, 0) is 25.0 Å². The van der Waals surface area contributed by atoms with Crippen LogP contribution in [0.15, 0.2) is 18.2 Å². The highest BCUT2D eigenvalue weighted by molar-refractivity contribution is 7.21. The zero-order valence-corrected chi connectivity index (χ0v) is 13.2. The summed E-state index contributed by atoms with van der Waals surface area (Å²) in [5.74, 6) is -0.0563. The van der Waals surface area contributed by atoms with E-state index in [0.29, 0.717) is 21.0 Å². The van der Waals surface area contributed by atoms with Gasteiger partial charge in [0.15, 0.2) is 0 Å². The molecule has 2 nitrogen and oxygen atoms in total. The maximum atomic E-state index is 12.4. The number of amides is 1. The number of rotatable bonds is 2. The van der Waals surface area contributed by atoms with Gasteiger partial charge in [-0.25, -0.2) is 0 Å². The number of carbonyl (C=O) groups is 1. The maximum Gasteiger partial charge on any atom is 0.263 e. The molecule has 0 spiro atoms. The number of hydrogen-bond donors (Lipinski definition) is 1. The summed E-state index contributed by atoms with van der Waals surface area (Å²) in [4.78, 5) is 13.0. The largest absolute Gasteiger partial charge is 0.349 e. The van der Waals surface area contributed by atoms with Crippen molar-refractivity contribution < 1.29 is 4.79 Å². The van der Waals surface area contributed by atoms with E-state index in [1.165, 1.54) is 30.6 Å². The smallest absolute Gasteiger partial charge is 0.263 e. The first kappa shape index (κ1) is 14.2. The van der Waals surface area contributed by atoms with Crippen LogP contribution in [0.25, 0.3) is 10.1 Å². The van der Waals surface area contributed by atoms with E-state index in [1.54, 1.807) is 6.07 Å². The number of nitrogens with one attached hydrogen (secondary N) is 1. The van der Waals surface area contributed by atoms with Gasteiger partial charge < -0.3 is 5.32 Å². The normalized spacial score (nSPS) is 16.5. The lowest BCUT2D eigenvalue weighted by Gasteiger charge is -2.22. The molecule has 1 fully saturated rings. The van der Waals surface area contributed by atoms with Gasteiger partial charge in [-0.2, -0.15) is 0 Å². The number of benzene rings is 1. The standard InChI is InChI=1S/C15H15Cl2NOS/c16-9-6-7-11-12(8-9)20-14(13(11)17)15(19)18-10-4-2-1-3-5-10/h6-8,10H,1-5H2,(H,18,19). The summed E-state index contributed by atoms with van der Waals surface area (Å²) < 4.78 is 0.955. The predicted octanol–water partition coefficient (Wildman–Crippen LogP) is 5.27. The van der Waals surface area contributed by atoms with E-state index in [9.17, 15) is 4.79 Å². The van der Waals surface area contributed by atoms with Crippen molar-refractivity contribution in [2.24, 2.45) is 0 Å². The van der Waals surface area contributed by atoms with Crippen molar-refractivity contribution in [1.82, 2.24) is 5.32 Å². The fraction of sp³-hybridized carbons (Fsp3) is 0.400. The molecule has 1 heterocycles. The predicted molar refractivity (Wildman–Crippen MR) is 86.2 cm³/mol. The maximum absolute atomic E-state index is 12.4. The molecule has 0 aliphatic heterocycles. The molecule has 1 aliphatic rings. The first-order chi connectivity index (χ1) is 9.65. The third-order valence-corrected chi connectivity index (χ3v) is 5.63. The molecular formula is C15H15Cl2NOS. The van der Waals surface area contributed by atoms with Gasteiger partial charge in [0.1, 0.15) is 4.88 Å². The van der Waals surface area contributed by atoms with Crippen LogP contribution < -0.4 is 5.32 Å². The second kappa shape index (κ2) is 5.92. The van der Waals surface area contributed by atoms with Crippen LogP contribution in [0.2, 0.25) is 10.0 Å². The molecule has 0 unspecified atom stereocenters. The quantitative estimate of drug-likeness (QED) is 0.799. The van der Waals surface area contributed by atoms with E-state index in [1.807, 2.05) is 12.1 Å². The van der Waals surface area contributed by atoms with Crippen LogP contribution in [-0.4, -0.2) is 11.9 Å². The number of thiophene rings is 1. The minimum atomic E-state index is -0.0563. The summed E-state index contributed by atoms with van der Waals surface area (Å²) in [5.41, 5.74) is 0. The Morgan fingerprint density at radius 1 is 1.20 bits per heavy atom. The van der Waals surface area contributed by atoms with E-state index in [-0.39, 0.29) is 5.91 Å². The van der Waals surface area contributed by atoms with Gasteiger partial charge in [0.2, 0.25) is 0 Å². The third kappa shape index (κ3) is 2.80. The van der Waals surface area contributed by atoms with Crippen molar-refractivity contribution in [3.05, 3.63) is 33.1 Å². The van der Waals surface area contributed by atoms with Crippen molar-refractivity contribution >= 4 is 50.5 Å². The average Bonchev–Trinajstić information content (AvgIpc) is 2.76. The summed E-state index contributed by atoms with van der Waals surface area (Å²) >= 11 is 13.7. The number of hydrogen-bond acceptors (Lipinski definition) is 2. The van der Waals surface area contributed by atoms with Gasteiger partial charge in [0.25, 0.3) is 5.91 Å². The summed E-state index contributed by atoms with van der Waals surface area (Å²) in [7, 11) is 0. The molecular weight excluding hydrogens is 313 g/mol. The second-order valence-corrected chi connectivity index (χ2v) is 7.06. The second-order valence-electron chi connectivity index (χ2n) is 5.19. The van der Waals surface area contributed by atoms with E-state index < -0.39 is 0 Å². The van der Waals surface area contributed by atoms with E-state index in [4.69, 9.17) is 23.2 Å². The molecule has 0 atom stereocenters. The summed E-state index contributed by atoms with van der Waals surface area (Å²) in [6.45, 7) is 0. The van der Waals surface area contributed by atoms with Crippen molar-refractivity contribution in [3.8, 4) is 0 Å². The molecule has 20 heavy (non-hydrogen) atoms. The summed E-state index contributed by atoms with van der Waals surface area (Å²) in [6, 6.07) is 5.81. The zero-order valence-electron chi connectivity index (χ0n) is 10.9. The molecule has 1 aromatic carbocycles.